The predicted octanol–water partition coefficient (Wildman–Crippen LogP) is 3.43. The van der Waals surface area contributed by atoms with E-state index in [9.17, 15) is 19.1 Å². The van der Waals surface area contributed by atoms with Gasteiger partial charge >= 0.3 is 0 Å². The third kappa shape index (κ3) is 4.32. The molecule has 1 aliphatic heterocycles. The van der Waals surface area contributed by atoms with Crippen LogP contribution in [-0.4, -0.2) is 60.9 Å². The van der Waals surface area contributed by atoms with Crippen LogP contribution in [0.2, 0.25) is 0 Å². The molecular weight excluding hydrogens is 399 g/mol. The first-order valence-corrected chi connectivity index (χ1v) is 10.00. The third-order valence-corrected chi connectivity index (χ3v) is 5.51. The number of hydrogen-bond acceptors (Lipinski definition) is 5. The molecular formula is C24H27FN2O4. The molecule has 1 unspecified atom stereocenters. The van der Waals surface area contributed by atoms with Crippen LogP contribution in [0.4, 0.5) is 4.39 Å². The number of hydrogen-bond donors (Lipinski definition) is 1. The number of ether oxygens (including phenoxy) is 1. The molecule has 0 aliphatic carbocycles. The molecule has 6 nitrogen and oxygen atoms in total. The normalized spacial score (nSPS) is 18.2. The molecule has 31 heavy (non-hydrogen) atoms. The lowest BCUT2D eigenvalue weighted by Crippen LogP contribution is -2.35. The number of carbonyl (C=O) groups is 2. The minimum atomic E-state index is -0.803. The van der Waals surface area contributed by atoms with E-state index in [1.54, 1.807) is 26.2 Å². The van der Waals surface area contributed by atoms with Crippen molar-refractivity contribution in [2.45, 2.75) is 19.9 Å². The van der Waals surface area contributed by atoms with Gasteiger partial charge in [0.1, 0.15) is 17.3 Å². The van der Waals surface area contributed by atoms with Crippen molar-refractivity contribution in [1.82, 2.24) is 9.80 Å². The molecule has 2 aromatic rings. The second-order valence-electron chi connectivity index (χ2n) is 7.98. The summed E-state index contributed by atoms with van der Waals surface area (Å²) in [4.78, 5) is 29.2. The van der Waals surface area contributed by atoms with Crippen LogP contribution < -0.4 is 4.74 Å². The fraction of sp³-hybridized carbons (Fsp3) is 0.333. The first kappa shape index (κ1) is 22.5. The van der Waals surface area contributed by atoms with Gasteiger partial charge in [0.05, 0.1) is 18.7 Å². The molecule has 1 amide bonds. The van der Waals surface area contributed by atoms with E-state index < -0.39 is 23.5 Å². The lowest BCUT2D eigenvalue weighted by molar-refractivity contribution is -0.140. The summed E-state index contributed by atoms with van der Waals surface area (Å²) >= 11 is 0. The van der Waals surface area contributed by atoms with Crippen molar-refractivity contribution < 1.29 is 23.8 Å². The molecule has 1 heterocycles. The molecule has 0 spiro atoms. The van der Waals surface area contributed by atoms with Gasteiger partial charge in [-0.1, -0.05) is 12.1 Å². The second-order valence-corrected chi connectivity index (χ2v) is 7.98. The minimum absolute atomic E-state index is 0.00281. The first-order valence-electron chi connectivity index (χ1n) is 10.00. The number of aryl methyl sites for hydroxylation is 2. The summed E-state index contributed by atoms with van der Waals surface area (Å²) in [5, 5.41) is 11.2. The summed E-state index contributed by atoms with van der Waals surface area (Å²) in [6, 6.07) is 8.34. The van der Waals surface area contributed by atoms with Crippen molar-refractivity contribution in [3.8, 4) is 5.75 Å². The quantitative estimate of drug-likeness (QED) is 0.435. The molecule has 164 valence electrons. The number of Topliss-reactive ketones (excluding diaryl/α,β-unsaturated/α-hetero) is 1. The summed E-state index contributed by atoms with van der Waals surface area (Å²) in [7, 11) is 5.30. The Balaban J connectivity index is 2.19. The fourth-order valence-corrected chi connectivity index (χ4v) is 3.82. The molecule has 0 saturated carbocycles. The van der Waals surface area contributed by atoms with Crippen molar-refractivity contribution in [2.24, 2.45) is 0 Å². The largest absolute Gasteiger partial charge is 0.507 e. The van der Waals surface area contributed by atoms with E-state index in [-0.39, 0.29) is 17.9 Å². The molecule has 1 N–H and O–H groups in total. The Morgan fingerprint density at radius 2 is 1.77 bits per heavy atom. The van der Waals surface area contributed by atoms with Gasteiger partial charge in [-0.05, 0) is 68.9 Å². The van der Waals surface area contributed by atoms with Gasteiger partial charge in [0.2, 0.25) is 0 Å². The monoisotopic (exact) mass is 426 g/mol. The highest BCUT2D eigenvalue weighted by atomic mass is 19.1. The van der Waals surface area contributed by atoms with Crippen LogP contribution in [0.15, 0.2) is 42.0 Å². The van der Waals surface area contributed by atoms with Crippen molar-refractivity contribution in [1.29, 1.82) is 0 Å². The summed E-state index contributed by atoms with van der Waals surface area (Å²) in [6.07, 6.45) is 0. The molecule has 1 atom stereocenters. The standard InChI is InChI=1S/C24H27FN2O4/c1-14-13-19(31-5)15(2)12-18(14)22(28)20-21(16-6-8-17(25)9-7-16)27(11-10-26(3)4)24(30)23(20)29/h6-9,12-13,21,28H,10-11H2,1-5H3/b22-20+. The fourth-order valence-electron chi connectivity index (χ4n) is 3.82. The Bertz CT molecular complexity index is 1040. The van der Waals surface area contributed by atoms with Crippen LogP contribution in [0.3, 0.4) is 0 Å². The number of amides is 1. The average molecular weight is 426 g/mol. The van der Waals surface area contributed by atoms with Crippen LogP contribution in [0, 0.1) is 19.7 Å². The Labute approximate surface area is 181 Å². The zero-order chi connectivity index (χ0) is 22.9. The first-order chi connectivity index (χ1) is 14.6. The Kier molecular flexibility index (Phi) is 6.45. The molecule has 7 heteroatoms. The summed E-state index contributed by atoms with van der Waals surface area (Å²) < 4.78 is 18.9. The Morgan fingerprint density at radius 3 is 2.35 bits per heavy atom. The van der Waals surface area contributed by atoms with E-state index in [1.807, 2.05) is 25.9 Å². The van der Waals surface area contributed by atoms with Crippen molar-refractivity contribution in [3.63, 3.8) is 0 Å². The topological polar surface area (TPSA) is 70.1 Å². The van der Waals surface area contributed by atoms with Gasteiger partial charge in [-0.3, -0.25) is 9.59 Å². The predicted molar refractivity (Wildman–Crippen MR) is 116 cm³/mol. The van der Waals surface area contributed by atoms with Crippen LogP contribution >= 0.6 is 0 Å². The number of benzene rings is 2. The van der Waals surface area contributed by atoms with E-state index in [4.69, 9.17) is 4.74 Å². The zero-order valence-electron chi connectivity index (χ0n) is 18.4. The number of likely N-dealkylation sites (tertiary alicyclic amines) is 1. The number of aliphatic hydroxyl groups excluding tert-OH is 1. The lowest BCUT2D eigenvalue weighted by Gasteiger charge is -2.26. The van der Waals surface area contributed by atoms with Gasteiger partial charge in [0.25, 0.3) is 11.7 Å². The Hall–Kier alpha value is -3.19. The van der Waals surface area contributed by atoms with E-state index >= 15 is 0 Å². The molecule has 3 rings (SSSR count). The maximum absolute atomic E-state index is 13.5. The maximum Gasteiger partial charge on any atom is 0.295 e. The zero-order valence-corrected chi connectivity index (χ0v) is 18.4. The number of halogens is 1. The van der Waals surface area contributed by atoms with Crippen LogP contribution in [0.1, 0.15) is 28.3 Å². The van der Waals surface area contributed by atoms with Gasteiger partial charge in [0, 0.05) is 18.7 Å². The third-order valence-electron chi connectivity index (χ3n) is 5.51. The Morgan fingerprint density at radius 1 is 1.13 bits per heavy atom. The molecule has 2 aromatic carbocycles. The average Bonchev–Trinajstić information content (AvgIpc) is 2.98. The van der Waals surface area contributed by atoms with E-state index in [0.29, 0.717) is 29.0 Å². The molecule has 1 fully saturated rings. The number of methoxy groups -OCH3 is 1. The number of ketones is 1. The van der Waals surface area contributed by atoms with E-state index in [2.05, 4.69) is 0 Å². The number of nitrogens with zero attached hydrogens (tertiary/aromatic N) is 2. The number of likely N-dealkylation sites (N-methyl/N-ethyl adjacent to an activating group) is 1. The van der Waals surface area contributed by atoms with Crippen LogP contribution in [-0.2, 0) is 9.59 Å². The molecule has 0 aromatic heterocycles. The number of carbonyl (C=O) groups excluding carboxylic acids is 2. The second kappa shape index (κ2) is 8.89. The smallest absolute Gasteiger partial charge is 0.295 e. The minimum Gasteiger partial charge on any atom is -0.507 e. The number of aliphatic hydroxyl groups is 1. The maximum atomic E-state index is 13.5. The molecule has 1 saturated heterocycles. The highest BCUT2D eigenvalue weighted by Crippen LogP contribution is 2.40. The van der Waals surface area contributed by atoms with E-state index in [1.165, 1.54) is 29.2 Å². The van der Waals surface area contributed by atoms with Gasteiger partial charge in [-0.25, -0.2) is 4.39 Å². The van der Waals surface area contributed by atoms with Crippen LogP contribution in [0.25, 0.3) is 5.76 Å². The van der Waals surface area contributed by atoms with Crippen molar-refractivity contribution in [2.75, 3.05) is 34.3 Å². The highest BCUT2D eigenvalue weighted by molar-refractivity contribution is 6.46. The van der Waals surface area contributed by atoms with Gasteiger partial charge in [-0.15, -0.1) is 0 Å². The van der Waals surface area contributed by atoms with Gasteiger partial charge < -0.3 is 19.6 Å². The summed E-state index contributed by atoms with van der Waals surface area (Å²) in [6.45, 7) is 4.46. The highest BCUT2D eigenvalue weighted by Gasteiger charge is 2.46. The molecule has 0 bridgehead atoms. The molecule has 1 aliphatic rings. The van der Waals surface area contributed by atoms with Gasteiger partial charge in [0.15, 0.2) is 0 Å². The van der Waals surface area contributed by atoms with Crippen molar-refractivity contribution in [3.05, 3.63) is 70.0 Å². The number of rotatable bonds is 6. The van der Waals surface area contributed by atoms with Gasteiger partial charge in [-0.2, -0.15) is 0 Å². The summed E-state index contributed by atoms with van der Waals surface area (Å²) in [5.41, 5.74) is 2.51. The van der Waals surface area contributed by atoms with Crippen molar-refractivity contribution >= 4 is 17.4 Å². The lowest BCUT2D eigenvalue weighted by atomic mass is 9.93. The van der Waals surface area contributed by atoms with Crippen LogP contribution in [0.5, 0.6) is 5.75 Å². The summed E-state index contributed by atoms with van der Waals surface area (Å²) in [5.74, 6) is -1.44. The SMILES string of the molecule is COc1cc(C)c(/C(O)=C2\C(=O)C(=O)N(CCN(C)C)C2c2ccc(F)cc2)cc1C. The molecule has 0 radical (unpaired) electrons. The van der Waals surface area contributed by atoms with E-state index in [0.717, 1.165) is 5.56 Å².